The summed E-state index contributed by atoms with van der Waals surface area (Å²) in [7, 11) is 0. The lowest BCUT2D eigenvalue weighted by atomic mass is 9.95. The van der Waals surface area contributed by atoms with E-state index in [1.165, 1.54) is 32.1 Å². The molecule has 1 aliphatic carbocycles. The minimum absolute atomic E-state index is 0.589. The van der Waals surface area contributed by atoms with Gasteiger partial charge in [-0.05, 0) is 31.1 Å². The molecule has 12 heavy (non-hydrogen) atoms. The number of hydrogen-bond acceptors (Lipinski definition) is 2. The average Bonchev–Trinajstić information content (AvgIpc) is 2.83. The second kappa shape index (κ2) is 4.83. The van der Waals surface area contributed by atoms with E-state index in [-0.39, 0.29) is 0 Å². The number of nitrogens with two attached hydrogens (primary N) is 1. The summed E-state index contributed by atoms with van der Waals surface area (Å²) in [5, 5.41) is 0. The molecule has 0 aliphatic heterocycles. The molecule has 0 aromatic heterocycles. The van der Waals surface area contributed by atoms with Gasteiger partial charge in [-0.25, -0.2) is 0 Å². The first-order valence-electron chi connectivity index (χ1n) is 5.24. The van der Waals surface area contributed by atoms with Crippen molar-refractivity contribution >= 4 is 0 Å². The van der Waals surface area contributed by atoms with Crippen LogP contribution >= 0.6 is 0 Å². The summed E-state index contributed by atoms with van der Waals surface area (Å²) in [5.41, 5.74) is 2.95. The molecule has 0 heterocycles. The predicted octanol–water partition coefficient (Wildman–Crippen LogP) is 2.05. The first kappa shape index (κ1) is 10.0. The van der Waals surface area contributed by atoms with Gasteiger partial charge in [0.25, 0.3) is 0 Å². The van der Waals surface area contributed by atoms with E-state index >= 15 is 0 Å². The summed E-state index contributed by atoms with van der Waals surface area (Å²) >= 11 is 0. The number of hydrogen-bond donors (Lipinski definition) is 2. The maximum atomic E-state index is 5.51. The summed E-state index contributed by atoms with van der Waals surface area (Å²) in [5.74, 6) is 7.22. The van der Waals surface area contributed by atoms with Gasteiger partial charge in [0.15, 0.2) is 0 Å². The lowest BCUT2D eigenvalue weighted by molar-refractivity contribution is 0.359. The molecule has 0 aromatic carbocycles. The topological polar surface area (TPSA) is 38.0 Å². The van der Waals surface area contributed by atoms with Crippen LogP contribution in [0, 0.1) is 11.8 Å². The van der Waals surface area contributed by atoms with Gasteiger partial charge in [0, 0.05) is 6.04 Å². The molecule has 0 radical (unpaired) electrons. The molecule has 2 nitrogen and oxygen atoms in total. The molecule has 0 aromatic rings. The number of nitrogens with one attached hydrogen (secondary N) is 1. The zero-order valence-corrected chi connectivity index (χ0v) is 8.34. The van der Waals surface area contributed by atoms with Crippen LogP contribution < -0.4 is 11.3 Å². The van der Waals surface area contributed by atoms with Crippen LogP contribution in [-0.4, -0.2) is 6.04 Å². The van der Waals surface area contributed by atoms with Crippen molar-refractivity contribution in [2.24, 2.45) is 17.7 Å². The first-order valence-corrected chi connectivity index (χ1v) is 5.24. The SMILES string of the molecule is CCCC(C)CC(NN)C1CC1. The van der Waals surface area contributed by atoms with E-state index in [0.29, 0.717) is 6.04 Å². The molecular weight excluding hydrogens is 148 g/mol. The number of rotatable bonds is 6. The maximum Gasteiger partial charge on any atom is 0.0241 e. The monoisotopic (exact) mass is 170 g/mol. The van der Waals surface area contributed by atoms with E-state index in [1.54, 1.807) is 0 Å². The summed E-state index contributed by atoms with van der Waals surface area (Å²) in [6.45, 7) is 4.58. The van der Waals surface area contributed by atoms with Gasteiger partial charge in [0.1, 0.15) is 0 Å². The van der Waals surface area contributed by atoms with E-state index in [2.05, 4.69) is 19.3 Å². The van der Waals surface area contributed by atoms with Crippen molar-refractivity contribution in [2.75, 3.05) is 0 Å². The third-order valence-corrected chi connectivity index (χ3v) is 2.84. The highest BCUT2D eigenvalue weighted by Crippen LogP contribution is 2.35. The van der Waals surface area contributed by atoms with E-state index in [0.717, 1.165) is 11.8 Å². The van der Waals surface area contributed by atoms with Gasteiger partial charge in [-0.15, -0.1) is 0 Å². The highest BCUT2D eigenvalue weighted by atomic mass is 15.2. The Morgan fingerprint density at radius 3 is 2.58 bits per heavy atom. The van der Waals surface area contributed by atoms with Crippen LogP contribution in [-0.2, 0) is 0 Å². The molecule has 0 bridgehead atoms. The van der Waals surface area contributed by atoms with Gasteiger partial charge in [0.05, 0.1) is 0 Å². The summed E-state index contributed by atoms with van der Waals surface area (Å²) in [6, 6.07) is 0.589. The smallest absolute Gasteiger partial charge is 0.0241 e. The zero-order valence-electron chi connectivity index (χ0n) is 8.34. The molecule has 1 aliphatic rings. The molecule has 2 heteroatoms. The van der Waals surface area contributed by atoms with Crippen molar-refractivity contribution in [3.63, 3.8) is 0 Å². The lowest BCUT2D eigenvalue weighted by Crippen LogP contribution is -2.37. The highest BCUT2D eigenvalue weighted by molar-refractivity contribution is 4.85. The van der Waals surface area contributed by atoms with E-state index < -0.39 is 0 Å². The Labute approximate surface area is 75.9 Å². The van der Waals surface area contributed by atoms with E-state index in [1.807, 2.05) is 0 Å². The molecule has 1 fully saturated rings. The fourth-order valence-corrected chi connectivity index (χ4v) is 1.94. The van der Waals surface area contributed by atoms with Gasteiger partial charge < -0.3 is 0 Å². The fourth-order valence-electron chi connectivity index (χ4n) is 1.94. The van der Waals surface area contributed by atoms with Crippen molar-refractivity contribution in [3.05, 3.63) is 0 Å². The third-order valence-electron chi connectivity index (χ3n) is 2.84. The van der Waals surface area contributed by atoms with Crippen LogP contribution in [0.15, 0.2) is 0 Å². The Bertz CT molecular complexity index is 121. The van der Waals surface area contributed by atoms with Gasteiger partial charge in [-0.1, -0.05) is 26.7 Å². The summed E-state index contributed by atoms with van der Waals surface area (Å²) < 4.78 is 0. The number of hydrazine groups is 1. The second-order valence-corrected chi connectivity index (χ2v) is 4.24. The predicted molar refractivity (Wildman–Crippen MR) is 52.5 cm³/mol. The molecule has 1 saturated carbocycles. The summed E-state index contributed by atoms with van der Waals surface area (Å²) in [6.07, 6.45) is 6.66. The molecule has 2 unspecified atom stereocenters. The fraction of sp³-hybridized carbons (Fsp3) is 1.00. The molecule has 0 spiro atoms. The quantitative estimate of drug-likeness (QED) is 0.473. The van der Waals surface area contributed by atoms with Crippen molar-refractivity contribution < 1.29 is 0 Å². The molecule has 1 rings (SSSR count). The van der Waals surface area contributed by atoms with Crippen molar-refractivity contribution in [1.29, 1.82) is 0 Å². The second-order valence-electron chi connectivity index (χ2n) is 4.24. The first-order chi connectivity index (χ1) is 5.77. The Morgan fingerprint density at radius 2 is 2.17 bits per heavy atom. The van der Waals surface area contributed by atoms with E-state index in [9.17, 15) is 0 Å². The van der Waals surface area contributed by atoms with E-state index in [4.69, 9.17) is 5.84 Å². The van der Waals surface area contributed by atoms with Gasteiger partial charge in [0.2, 0.25) is 0 Å². The van der Waals surface area contributed by atoms with Gasteiger partial charge >= 0.3 is 0 Å². The maximum absolute atomic E-state index is 5.51. The van der Waals surface area contributed by atoms with Crippen molar-refractivity contribution in [2.45, 2.75) is 52.0 Å². The Kier molecular flexibility index (Phi) is 4.02. The molecule has 2 atom stereocenters. The third kappa shape index (κ3) is 3.11. The minimum atomic E-state index is 0.589. The van der Waals surface area contributed by atoms with Crippen LogP contribution in [0.2, 0.25) is 0 Å². The van der Waals surface area contributed by atoms with Crippen LogP contribution in [0.3, 0.4) is 0 Å². The molecule has 72 valence electrons. The molecule has 0 saturated heterocycles. The minimum Gasteiger partial charge on any atom is -0.271 e. The van der Waals surface area contributed by atoms with Crippen LogP contribution in [0.1, 0.15) is 46.0 Å². The van der Waals surface area contributed by atoms with Gasteiger partial charge in [-0.2, -0.15) is 0 Å². The normalized spacial score (nSPS) is 22.2. The van der Waals surface area contributed by atoms with Crippen LogP contribution in [0.4, 0.5) is 0 Å². The highest BCUT2D eigenvalue weighted by Gasteiger charge is 2.30. The average molecular weight is 170 g/mol. The van der Waals surface area contributed by atoms with Crippen molar-refractivity contribution in [3.8, 4) is 0 Å². The largest absolute Gasteiger partial charge is 0.271 e. The Balaban J connectivity index is 2.16. The Morgan fingerprint density at radius 1 is 1.50 bits per heavy atom. The standard InChI is InChI=1S/C10H22N2/c1-3-4-8(2)7-10(12-11)9-5-6-9/h8-10,12H,3-7,11H2,1-2H3. The Hall–Kier alpha value is -0.0800. The summed E-state index contributed by atoms with van der Waals surface area (Å²) in [4.78, 5) is 0. The lowest BCUT2D eigenvalue weighted by Gasteiger charge is -2.19. The molecule has 0 amide bonds. The molecule has 3 N–H and O–H groups in total. The van der Waals surface area contributed by atoms with Crippen molar-refractivity contribution in [1.82, 2.24) is 5.43 Å². The molecular formula is C10H22N2. The van der Waals surface area contributed by atoms with Gasteiger partial charge in [-0.3, -0.25) is 11.3 Å². The van der Waals surface area contributed by atoms with Crippen LogP contribution in [0.25, 0.3) is 0 Å². The van der Waals surface area contributed by atoms with Crippen LogP contribution in [0.5, 0.6) is 0 Å². The zero-order chi connectivity index (χ0) is 8.97.